The fourth-order valence-corrected chi connectivity index (χ4v) is 1.73. The van der Waals surface area contributed by atoms with Crippen LogP contribution in [0.5, 0.6) is 0 Å². The maximum Gasteiger partial charge on any atom is 0.337 e. The van der Waals surface area contributed by atoms with E-state index in [-0.39, 0.29) is 5.97 Å². The predicted octanol–water partition coefficient (Wildman–Crippen LogP) is 3.12. The van der Waals surface area contributed by atoms with Gasteiger partial charge in [0.15, 0.2) is 0 Å². The maximum absolute atomic E-state index is 11.3. The van der Waals surface area contributed by atoms with E-state index >= 15 is 0 Å². The molecule has 1 aromatic rings. The Kier molecular flexibility index (Phi) is 6.30. The molecule has 0 amide bonds. The van der Waals surface area contributed by atoms with Gasteiger partial charge >= 0.3 is 5.97 Å². The van der Waals surface area contributed by atoms with Crippen LogP contribution < -0.4 is 5.32 Å². The summed E-state index contributed by atoms with van der Waals surface area (Å²) < 4.78 is 4.67. The van der Waals surface area contributed by atoms with Crippen molar-refractivity contribution in [3.63, 3.8) is 0 Å². The molecule has 0 aliphatic rings. The Morgan fingerprint density at radius 3 is 2.47 bits per heavy atom. The quantitative estimate of drug-likeness (QED) is 0.800. The largest absolute Gasteiger partial charge is 0.465 e. The van der Waals surface area contributed by atoms with Gasteiger partial charge in [0.1, 0.15) is 0 Å². The molecule has 1 aromatic carbocycles. The van der Waals surface area contributed by atoms with Gasteiger partial charge in [0.2, 0.25) is 0 Å². The van der Waals surface area contributed by atoms with Crippen LogP contribution in [0.25, 0.3) is 6.08 Å². The fourth-order valence-electron chi connectivity index (χ4n) is 1.73. The van der Waals surface area contributed by atoms with Gasteiger partial charge in [0.05, 0.1) is 12.7 Å². The molecule has 1 N–H and O–H groups in total. The zero-order valence-corrected chi connectivity index (χ0v) is 12.2. The molecule has 0 unspecified atom stereocenters. The number of hydrogen-bond donors (Lipinski definition) is 1. The molecule has 0 heterocycles. The molecule has 0 fully saturated rings. The van der Waals surface area contributed by atoms with Crippen LogP contribution in [0, 0.1) is 5.92 Å². The van der Waals surface area contributed by atoms with Crippen molar-refractivity contribution >= 4 is 12.0 Å². The van der Waals surface area contributed by atoms with Crippen molar-refractivity contribution in [3.05, 3.63) is 41.0 Å². The van der Waals surface area contributed by atoms with Gasteiger partial charge in [-0.2, -0.15) is 0 Å². The van der Waals surface area contributed by atoms with E-state index in [0.29, 0.717) is 11.5 Å². The summed E-state index contributed by atoms with van der Waals surface area (Å²) in [5.41, 5.74) is 2.94. The summed E-state index contributed by atoms with van der Waals surface area (Å²) in [4.78, 5) is 11.3. The highest BCUT2D eigenvalue weighted by molar-refractivity contribution is 5.89. The highest BCUT2D eigenvalue weighted by Gasteiger charge is 2.03. The second-order valence-electron chi connectivity index (χ2n) is 5.13. The SMILES string of the molecule is COC(=O)c1ccc(C=C(C)CNCC(C)C)cc1. The van der Waals surface area contributed by atoms with Crippen LogP contribution in [0.3, 0.4) is 0 Å². The maximum atomic E-state index is 11.3. The molecular weight excluding hydrogens is 238 g/mol. The van der Waals surface area contributed by atoms with Crippen molar-refractivity contribution in [3.8, 4) is 0 Å². The lowest BCUT2D eigenvalue weighted by molar-refractivity contribution is 0.0601. The number of methoxy groups -OCH3 is 1. The Morgan fingerprint density at radius 1 is 1.32 bits per heavy atom. The minimum atomic E-state index is -0.300. The topological polar surface area (TPSA) is 38.3 Å². The molecule has 0 spiro atoms. The number of esters is 1. The molecule has 0 saturated heterocycles. The Balaban J connectivity index is 2.58. The van der Waals surface area contributed by atoms with E-state index in [1.165, 1.54) is 12.7 Å². The minimum absolute atomic E-state index is 0.300. The van der Waals surface area contributed by atoms with Gasteiger partial charge in [-0.15, -0.1) is 0 Å². The second kappa shape index (κ2) is 7.74. The normalized spacial score (nSPS) is 11.7. The molecule has 0 aromatic heterocycles. The summed E-state index contributed by atoms with van der Waals surface area (Å²) >= 11 is 0. The van der Waals surface area contributed by atoms with Crippen LogP contribution in [0.15, 0.2) is 29.8 Å². The third-order valence-electron chi connectivity index (χ3n) is 2.70. The number of hydrogen-bond acceptors (Lipinski definition) is 3. The van der Waals surface area contributed by atoms with Gasteiger partial charge in [-0.05, 0) is 37.1 Å². The fraction of sp³-hybridized carbons (Fsp3) is 0.438. The van der Waals surface area contributed by atoms with Crippen molar-refractivity contribution in [2.24, 2.45) is 5.92 Å². The molecule has 3 nitrogen and oxygen atoms in total. The summed E-state index contributed by atoms with van der Waals surface area (Å²) in [6.45, 7) is 8.39. The highest BCUT2D eigenvalue weighted by Crippen LogP contribution is 2.09. The van der Waals surface area contributed by atoms with Gasteiger partial charge in [0.25, 0.3) is 0 Å². The molecule has 0 radical (unpaired) electrons. The zero-order valence-electron chi connectivity index (χ0n) is 12.2. The molecule has 0 aliphatic carbocycles. The Morgan fingerprint density at radius 2 is 1.95 bits per heavy atom. The van der Waals surface area contributed by atoms with E-state index in [1.807, 2.05) is 12.1 Å². The first-order valence-electron chi connectivity index (χ1n) is 6.59. The second-order valence-corrected chi connectivity index (χ2v) is 5.13. The van der Waals surface area contributed by atoms with Crippen LogP contribution in [0.1, 0.15) is 36.7 Å². The van der Waals surface area contributed by atoms with Crippen molar-refractivity contribution in [1.82, 2.24) is 5.32 Å². The standard InChI is InChI=1S/C16H23NO2/c1-12(2)10-17-11-13(3)9-14-5-7-15(8-6-14)16(18)19-4/h5-9,12,17H,10-11H2,1-4H3. The Labute approximate surface area is 115 Å². The first-order valence-corrected chi connectivity index (χ1v) is 6.59. The van der Waals surface area contributed by atoms with E-state index in [0.717, 1.165) is 18.7 Å². The molecule has 0 aliphatic heterocycles. The van der Waals surface area contributed by atoms with E-state index in [4.69, 9.17) is 0 Å². The van der Waals surface area contributed by atoms with E-state index in [9.17, 15) is 4.79 Å². The summed E-state index contributed by atoms with van der Waals surface area (Å²) in [5.74, 6) is 0.359. The number of carbonyl (C=O) groups excluding carboxylic acids is 1. The van der Waals surface area contributed by atoms with Gasteiger partial charge < -0.3 is 10.1 Å². The zero-order chi connectivity index (χ0) is 14.3. The monoisotopic (exact) mass is 261 g/mol. The molecule has 0 saturated carbocycles. The van der Waals surface area contributed by atoms with Crippen LogP contribution in [0.2, 0.25) is 0 Å². The number of carbonyl (C=O) groups is 1. The first-order chi connectivity index (χ1) is 9.02. The lowest BCUT2D eigenvalue weighted by Crippen LogP contribution is -2.21. The number of ether oxygens (including phenoxy) is 1. The van der Waals surface area contributed by atoms with Crippen molar-refractivity contribution in [2.45, 2.75) is 20.8 Å². The average molecular weight is 261 g/mol. The van der Waals surface area contributed by atoms with E-state index < -0.39 is 0 Å². The van der Waals surface area contributed by atoms with Crippen molar-refractivity contribution in [1.29, 1.82) is 0 Å². The summed E-state index contributed by atoms with van der Waals surface area (Å²) in [6.07, 6.45) is 2.12. The Hall–Kier alpha value is -1.61. The van der Waals surface area contributed by atoms with Gasteiger partial charge in [-0.3, -0.25) is 0 Å². The molecular formula is C16H23NO2. The van der Waals surface area contributed by atoms with E-state index in [2.05, 4.69) is 36.9 Å². The predicted molar refractivity (Wildman–Crippen MR) is 79.1 cm³/mol. The van der Waals surface area contributed by atoms with Gasteiger partial charge in [0, 0.05) is 6.54 Å². The summed E-state index contributed by atoms with van der Waals surface area (Å²) in [6, 6.07) is 7.43. The van der Waals surface area contributed by atoms with Gasteiger partial charge in [-0.25, -0.2) is 4.79 Å². The highest BCUT2D eigenvalue weighted by atomic mass is 16.5. The first kappa shape index (κ1) is 15.4. The molecule has 1 rings (SSSR count). The van der Waals surface area contributed by atoms with Crippen LogP contribution in [-0.4, -0.2) is 26.2 Å². The lowest BCUT2D eigenvalue weighted by Gasteiger charge is -2.07. The minimum Gasteiger partial charge on any atom is -0.465 e. The molecule has 104 valence electrons. The van der Waals surface area contributed by atoms with Crippen LogP contribution in [-0.2, 0) is 4.74 Å². The lowest BCUT2D eigenvalue weighted by atomic mass is 10.1. The molecule has 19 heavy (non-hydrogen) atoms. The third-order valence-corrected chi connectivity index (χ3v) is 2.70. The molecule has 3 heteroatoms. The average Bonchev–Trinajstić information content (AvgIpc) is 2.38. The van der Waals surface area contributed by atoms with Crippen molar-refractivity contribution in [2.75, 3.05) is 20.2 Å². The number of rotatable bonds is 6. The molecule has 0 atom stereocenters. The number of nitrogens with one attached hydrogen (secondary N) is 1. The van der Waals surface area contributed by atoms with Gasteiger partial charge in [-0.1, -0.05) is 37.6 Å². The summed E-state index contributed by atoms with van der Waals surface area (Å²) in [7, 11) is 1.39. The van der Waals surface area contributed by atoms with Crippen molar-refractivity contribution < 1.29 is 9.53 Å². The smallest absolute Gasteiger partial charge is 0.337 e. The van der Waals surface area contributed by atoms with Crippen LogP contribution >= 0.6 is 0 Å². The molecule has 0 bridgehead atoms. The summed E-state index contributed by atoms with van der Waals surface area (Å²) in [5, 5.41) is 3.40. The third kappa shape index (κ3) is 5.71. The van der Waals surface area contributed by atoms with E-state index in [1.54, 1.807) is 12.1 Å². The van der Waals surface area contributed by atoms with Crippen LogP contribution in [0.4, 0.5) is 0 Å². The Bertz CT molecular complexity index is 433. The number of benzene rings is 1.